The molecule has 0 aromatic carbocycles. The number of carbonyl (C=O) groups excluding carboxylic acids is 1. The van der Waals surface area contributed by atoms with Gasteiger partial charge in [-0.15, -0.1) is 0 Å². The van der Waals surface area contributed by atoms with Crippen molar-refractivity contribution >= 4 is 5.78 Å². The van der Waals surface area contributed by atoms with Gasteiger partial charge in [0.2, 0.25) is 5.78 Å². The fraction of sp³-hybridized carbons (Fsp3) is 0.308. The Balaban J connectivity index is 2.23. The highest BCUT2D eigenvalue weighted by Gasteiger charge is 2.46. The fourth-order valence-electron chi connectivity index (χ4n) is 1.95. The number of hydrogen-bond acceptors (Lipinski definition) is 5. The third-order valence-electron chi connectivity index (χ3n) is 3.09. The van der Waals surface area contributed by atoms with Crippen LogP contribution in [0.25, 0.3) is 0 Å². The summed E-state index contributed by atoms with van der Waals surface area (Å²) in [6.07, 6.45) is 7.17. The van der Waals surface area contributed by atoms with Crippen LogP contribution in [0.15, 0.2) is 48.0 Å². The molecule has 2 aliphatic carbocycles. The maximum atomic E-state index is 12.2. The molecule has 5 heteroatoms. The van der Waals surface area contributed by atoms with Crippen molar-refractivity contribution in [1.29, 1.82) is 0 Å². The van der Waals surface area contributed by atoms with Crippen LogP contribution < -0.4 is 0 Å². The Morgan fingerprint density at radius 1 is 0.944 bits per heavy atom. The number of aliphatic hydroxyl groups excluding tert-OH is 2. The van der Waals surface area contributed by atoms with E-state index in [1.54, 1.807) is 0 Å². The van der Waals surface area contributed by atoms with Gasteiger partial charge in [-0.3, -0.25) is 4.79 Å². The van der Waals surface area contributed by atoms with Crippen molar-refractivity contribution in [3.8, 4) is 0 Å². The molecule has 2 aliphatic rings. The first-order valence-electron chi connectivity index (χ1n) is 5.52. The molecule has 18 heavy (non-hydrogen) atoms. The maximum absolute atomic E-state index is 12.2. The first-order chi connectivity index (χ1) is 8.36. The van der Waals surface area contributed by atoms with E-state index in [2.05, 4.69) is 0 Å². The largest absolute Gasteiger partial charge is 0.508 e. The van der Waals surface area contributed by atoms with E-state index in [-0.39, 0.29) is 24.4 Å². The second kappa shape index (κ2) is 4.12. The molecule has 2 atom stereocenters. The maximum Gasteiger partial charge on any atom is 0.204 e. The summed E-state index contributed by atoms with van der Waals surface area (Å²) in [6.45, 7) is 0. The lowest BCUT2D eigenvalue weighted by molar-refractivity contribution is -0.147. The molecule has 96 valence electrons. The van der Waals surface area contributed by atoms with Crippen LogP contribution in [0.1, 0.15) is 12.8 Å². The van der Waals surface area contributed by atoms with Crippen LogP contribution in [0.2, 0.25) is 0 Å². The number of ketones is 1. The summed E-state index contributed by atoms with van der Waals surface area (Å²) in [7, 11) is 0. The molecule has 5 nitrogen and oxygen atoms in total. The third-order valence-corrected chi connectivity index (χ3v) is 3.09. The summed E-state index contributed by atoms with van der Waals surface area (Å²) < 4.78 is 0. The van der Waals surface area contributed by atoms with Gasteiger partial charge in [-0.25, -0.2) is 0 Å². The second-order valence-electron chi connectivity index (χ2n) is 4.51. The normalized spacial score (nSPS) is 35.0. The van der Waals surface area contributed by atoms with E-state index in [1.165, 1.54) is 24.3 Å². The van der Waals surface area contributed by atoms with Gasteiger partial charge < -0.3 is 20.4 Å². The molecular weight excluding hydrogens is 236 g/mol. The summed E-state index contributed by atoms with van der Waals surface area (Å²) in [5, 5.41) is 38.7. The Labute approximate surface area is 104 Å². The zero-order valence-electron chi connectivity index (χ0n) is 9.58. The zero-order chi connectivity index (χ0) is 13.4. The van der Waals surface area contributed by atoms with Crippen LogP contribution in [0.3, 0.4) is 0 Å². The number of Topliss-reactive ketones (excluding diaryl/α,β-unsaturated/α-hetero) is 1. The van der Waals surface area contributed by atoms with E-state index in [4.69, 9.17) is 10.2 Å². The highest BCUT2D eigenvalue weighted by atomic mass is 16.3. The average molecular weight is 250 g/mol. The first-order valence-corrected chi connectivity index (χ1v) is 5.52. The monoisotopic (exact) mass is 250 g/mol. The Bertz CT molecular complexity index is 456. The summed E-state index contributed by atoms with van der Waals surface area (Å²) in [5.74, 6) is -0.845. The van der Waals surface area contributed by atoms with Gasteiger partial charge in [-0.1, -0.05) is 0 Å². The highest BCUT2D eigenvalue weighted by molar-refractivity contribution is 5.98. The van der Waals surface area contributed by atoms with E-state index in [9.17, 15) is 15.0 Å². The molecule has 0 heterocycles. The highest BCUT2D eigenvalue weighted by Crippen LogP contribution is 2.31. The average Bonchev–Trinajstić information content (AvgIpc) is 2.36. The molecule has 0 aliphatic heterocycles. The lowest BCUT2D eigenvalue weighted by Crippen LogP contribution is -2.51. The molecule has 0 fully saturated rings. The van der Waals surface area contributed by atoms with E-state index < -0.39 is 17.0 Å². The van der Waals surface area contributed by atoms with E-state index in [0.29, 0.717) is 0 Å². The summed E-state index contributed by atoms with van der Waals surface area (Å²) in [6, 6.07) is 0. The predicted octanol–water partition coefficient (Wildman–Crippen LogP) is 0.821. The standard InChI is InChI=1S/C13H14O5/c14-9-1-5-12(17,6-2-9)11(16)13(18)7-3-10(15)4-8-13/h1-5,7,14-15,17-18H,6,8H2. The molecule has 2 rings (SSSR count). The van der Waals surface area contributed by atoms with Crippen molar-refractivity contribution in [2.45, 2.75) is 24.0 Å². The van der Waals surface area contributed by atoms with Gasteiger partial charge in [0.15, 0.2) is 0 Å². The molecule has 2 unspecified atom stereocenters. The zero-order valence-corrected chi connectivity index (χ0v) is 9.58. The number of hydrogen-bond donors (Lipinski definition) is 4. The summed E-state index contributed by atoms with van der Waals surface area (Å²) in [4.78, 5) is 12.2. The molecule has 0 spiro atoms. The van der Waals surface area contributed by atoms with Crippen LogP contribution in [-0.2, 0) is 4.79 Å². The van der Waals surface area contributed by atoms with Gasteiger partial charge in [0.05, 0.1) is 0 Å². The lowest BCUT2D eigenvalue weighted by Gasteiger charge is -2.33. The molecular formula is C13H14O5. The minimum Gasteiger partial charge on any atom is -0.508 e. The summed E-state index contributed by atoms with van der Waals surface area (Å²) in [5.41, 5.74) is -3.68. The number of carbonyl (C=O) groups is 1. The van der Waals surface area contributed by atoms with Gasteiger partial charge in [0.25, 0.3) is 0 Å². The molecule has 0 saturated heterocycles. The van der Waals surface area contributed by atoms with Gasteiger partial charge in [0.1, 0.15) is 22.7 Å². The second-order valence-corrected chi connectivity index (χ2v) is 4.51. The Kier molecular flexibility index (Phi) is 2.88. The van der Waals surface area contributed by atoms with Crippen LogP contribution in [0, 0.1) is 0 Å². The van der Waals surface area contributed by atoms with E-state index >= 15 is 0 Å². The van der Waals surface area contributed by atoms with Crippen molar-refractivity contribution in [1.82, 2.24) is 0 Å². The number of rotatable bonds is 2. The number of allylic oxidation sites excluding steroid dienone is 2. The van der Waals surface area contributed by atoms with Crippen molar-refractivity contribution in [2.75, 3.05) is 0 Å². The lowest BCUT2D eigenvalue weighted by atomic mass is 9.78. The minimum absolute atomic E-state index is 0.0313. The molecule has 0 amide bonds. The molecule has 0 radical (unpaired) electrons. The van der Waals surface area contributed by atoms with Crippen LogP contribution >= 0.6 is 0 Å². The van der Waals surface area contributed by atoms with Crippen molar-refractivity contribution in [3.05, 3.63) is 48.0 Å². The minimum atomic E-state index is -1.84. The van der Waals surface area contributed by atoms with Crippen molar-refractivity contribution < 1.29 is 25.2 Å². The van der Waals surface area contributed by atoms with E-state index in [0.717, 1.165) is 12.2 Å². The first kappa shape index (κ1) is 12.6. The van der Waals surface area contributed by atoms with Gasteiger partial charge in [-0.2, -0.15) is 0 Å². The summed E-state index contributed by atoms with van der Waals surface area (Å²) >= 11 is 0. The van der Waals surface area contributed by atoms with Crippen LogP contribution in [0.4, 0.5) is 0 Å². The quantitative estimate of drug-likeness (QED) is 0.581. The van der Waals surface area contributed by atoms with E-state index in [1.807, 2.05) is 0 Å². The number of aliphatic hydroxyl groups is 4. The predicted molar refractivity (Wildman–Crippen MR) is 63.8 cm³/mol. The van der Waals surface area contributed by atoms with Gasteiger partial charge >= 0.3 is 0 Å². The van der Waals surface area contributed by atoms with Gasteiger partial charge in [0, 0.05) is 12.8 Å². The van der Waals surface area contributed by atoms with Crippen molar-refractivity contribution in [2.24, 2.45) is 0 Å². The Morgan fingerprint density at radius 3 is 1.61 bits per heavy atom. The van der Waals surface area contributed by atoms with Crippen molar-refractivity contribution in [3.63, 3.8) is 0 Å². The Morgan fingerprint density at radius 2 is 1.33 bits per heavy atom. The molecule has 0 aromatic rings. The fourth-order valence-corrected chi connectivity index (χ4v) is 1.95. The van der Waals surface area contributed by atoms with Crippen LogP contribution in [-0.4, -0.2) is 37.4 Å². The molecule has 0 bridgehead atoms. The molecule has 0 saturated carbocycles. The van der Waals surface area contributed by atoms with Gasteiger partial charge in [-0.05, 0) is 36.5 Å². The smallest absolute Gasteiger partial charge is 0.204 e. The molecule has 4 N–H and O–H groups in total. The topological polar surface area (TPSA) is 98.0 Å². The molecule has 0 aromatic heterocycles. The van der Waals surface area contributed by atoms with Crippen LogP contribution in [0.5, 0.6) is 0 Å². The Hall–Kier alpha value is -1.85. The third kappa shape index (κ3) is 2.10. The SMILES string of the molecule is O=C(C1(O)C=CC(O)=CC1)C1(O)C=CC(O)=CC1.